The van der Waals surface area contributed by atoms with Gasteiger partial charge in [-0.25, -0.2) is 0 Å². The van der Waals surface area contributed by atoms with Crippen LogP contribution in [0.5, 0.6) is 5.75 Å². The summed E-state index contributed by atoms with van der Waals surface area (Å²) in [5, 5.41) is 0. The van der Waals surface area contributed by atoms with Gasteiger partial charge in [-0.1, -0.05) is 18.2 Å². The molecule has 0 atom stereocenters. The number of piperazine rings is 1. The van der Waals surface area contributed by atoms with Gasteiger partial charge in [-0.15, -0.1) is 11.6 Å². The predicted octanol–water partition coefficient (Wildman–Crippen LogP) is 2.39. The molecule has 1 heterocycles. The molecule has 1 aliphatic rings. The summed E-state index contributed by atoms with van der Waals surface area (Å²) in [4.78, 5) is 28.2. The molecule has 2 rings (SSSR count). The molecule has 24 heavy (non-hydrogen) atoms. The molecule has 1 fully saturated rings. The Morgan fingerprint density at radius 2 is 1.67 bits per heavy atom. The predicted molar refractivity (Wildman–Crippen MR) is 94.2 cm³/mol. The van der Waals surface area contributed by atoms with E-state index >= 15 is 0 Å². The number of ether oxygens (including phenoxy) is 1. The van der Waals surface area contributed by atoms with Crippen LogP contribution in [0.15, 0.2) is 30.3 Å². The van der Waals surface area contributed by atoms with Crippen LogP contribution in [0.1, 0.15) is 20.3 Å². The number of amides is 2. The molecular weight excluding hydrogens is 328 g/mol. The molecule has 6 heteroatoms. The van der Waals surface area contributed by atoms with Crippen LogP contribution in [0.3, 0.4) is 0 Å². The van der Waals surface area contributed by atoms with Crippen molar-refractivity contribution in [2.45, 2.75) is 20.3 Å². The maximum atomic E-state index is 12.4. The number of carbonyl (C=O) groups is 2. The van der Waals surface area contributed by atoms with E-state index in [2.05, 4.69) is 0 Å². The van der Waals surface area contributed by atoms with E-state index in [4.69, 9.17) is 16.3 Å². The Hall–Kier alpha value is -1.75. The van der Waals surface area contributed by atoms with Gasteiger partial charge in [0, 0.05) is 32.1 Å². The fraction of sp³-hybridized carbons (Fsp3) is 0.556. The van der Waals surface area contributed by atoms with Gasteiger partial charge in [0.25, 0.3) is 0 Å². The molecule has 0 aromatic heterocycles. The average Bonchev–Trinajstić information content (AvgIpc) is 2.62. The molecule has 0 saturated carbocycles. The van der Waals surface area contributed by atoms with Crippen molar-refractivity contribution in [2.75, 3.05) is 38.7 Å². The van der Waals surface area contributed by atoms with E-state index < -0.39 is 5.41 Å². The summed E-state index contributed by atoms with van der Waals surface area (Å²) in [6.07, 6.45) is 0.343. The van der Waals surface area contributed by atoms with Crippen LogP contribution >= 0.6 is 11.6 Å². The highest BCUT2D eigenvalue weighted by Gasteiger charge is 2.33. The lowest BCUT2D eigenvalue weighted by Crippen LogP contribution is -2.53. The average molecular weight is 353 g/mol. The summed E-state index contributed by atoms with van der Waals surface area (Å²) < 4.78 is 5.56. The fourth-order valence-electron chi connectivity index (χ4n) is 2.58. The zero-order chi connectivity index (χ0) is 17.6. The van der Waals surface area contributed by atoms with Gasteiger partial charge in [-0.3, -0.25) is 9.59 Å². The van der Waals surface area contributed by atoms with Gasteiger partial charge in [-0.2, -0.15) is 0 Å². The third kappa shape index (κ3) is 4.87. The highest BCUT2D eigenvalue weighted by atomic mass is 35.5. The number of halogens is 1. The smallest absolute Gasteiger partial charge is 0.229 e. The van der Waals surface area contributed by atoms with Crippen molar-refractivity contribution in [3.8, 4) is 5.75 Å². The number of alkyl halides is 1. The minimum absolute atomic E-state index is 0.0528. The number of hydrogen-bond donors (Lipinski definition) is 0. The number of carbonyl (C=O) groups excluding carboxylic acids is 2. The first-order valence-corrected chi connectivity index (χ1v) is 8.78. The molecule has 2 amide bonds. The topological polar surface area (TPSA) is 49.9 Å². The van der Waals surface area contributed by atoms with Gasteiger partial charge >= 0.3 is 0 Å². The van der Waals surface area contributed by atoms with Gasteiger partial charge in [0.2, 0.25) is 11.8 Å². The van der Waals surface area contributed by atoms with Gasteiger partial charge < -0.3 is 14.5 Å². The quantitative estimate of drug-likeness (QED) is 0.739. The van der Waals surface area contributed by atoms with Crippen LogP contribution in [0.4, 0.5) is 0 Å². The van der Waals surface area contributed by atoms with Crippen molar-refractivity contribution < 1.29 is 14.3 Å². The van der Waals surface area contributed by atoms with E-state index in [1.54, 1.807) is 9.80 Å². The third-order valence-corrected chi connectivity index (χ3v) is 4.83. The van der Waals surface area contributed by atoms with Crippen molar-refractivity contribution in [3.05, 3.63) is 30.3 Å². The third-order valence-electron chi connectivity index (χ3n) is 4.16. The maximum absolute atomic E-state index is 12.4. The largest absolute Gasteiger partial charge is 0.493 e. The first kappa shape index (κ1) is 18.6. The van der Waals surface area contributed by atoms with E-state index in [0.29, 0.717) is 45.1 Å². The second-order valence-electron chi connectivity index (χ2n) is 6.60. The van der Waals surface area contributed by atoms with E-state index in [-0.39, 0.29) is 11.8 Å². The number of nitrogens with zero attached hydrogens (tertiary/aromatic N) is 2. The van der Waals surface area contributed by atoms with E-state index in [1.165, 1.54) is 0 Å². The van der Waals surface area contributed by atoms with Gasteiger partial charge in [0.15, 0.2) is 0 Å². The Morgan fingerprint density at radius 3 is 2.25 bits per heavy atom. The molecule has 1 aromatic rings. The van der Waals surface area contributed by atoms with Crippen LogP contribution in [-0.2, 0) is 9.59 Å². The molecule has 132 valence electrons. The zero-order valence-electron chi connectivity index (χ0n) is 14.3. The Bertz CT molecular complexity index is 555. The van der Waals surface area contributed by atoms with E-state index in [1.807, 2.05) is 44.2 Å². The Labute approximate surface area is 148 Å². The molecule has 0 bridgehead atoms. The van der Waals surface area contributed by atoms with Gasteiger partial charge in [-0.05, 0) is 26.0 Å². The summed E-state index contributed by atoms with van der Waals surface area (Å²) in [6.45, 7) is 6.31. The zero-order valence-corrected chi connectivity index (χ0v) is 15.1. The molecule has 1 aromatic carbocycles. The Balaban J connectivity index is 1.73. The fourth-order valence-corrected chi connectivity index (χ4v) is 2.69. The SMILES string of the molecule is CC(C)(CCl)C(=O)N1CCN(C(=O)CCOc2ccccc2)CC1. The second kappa shape index (κ2) is 8.38. The molecule has 0 N–H and O–H groups in total. The summed E-state index contributed by atoms with van der Waals surface area (Å²) >= 11 is 5.87. The minimum Gasteiger partial charge on any atom is -0.493 e. The van der Waals surface area contributed by atoms with Crippen LogP contribution in [0, 0.1) is 5.41 Å². The van der Waals surface area contributed by atoms with Crippen molar-refractivity contribution in [3.63, 3.8) is 0 Å². The Kier molecular flexibility index (Phi) is 6.49. The molecular formula is C18H25ClN2O3. The first-order chi connectivity index (χ1) is 11.4. The van der Waals surface area contributed by atoms with E-state index in [0.717, 1.165) is 5.75 Å². The first-order valence-electron chi connectivity index (χ1n) is 8.25. The molecule has 1 saturated heterocycles. The molecule has 5 nitrogen and oxygen atoms in total. The second-order valence-corrected chi connectivity index (χ2v) is 6.87. The van der Waals surface area contributed by atoms with Crippen molar-refractivity contribution in [1.82, 2.24) is 9.80 Å². The summed E-state index contributed by atoms with van der Waals surface area (Å²) in [5.41, 5.74) is -0.558. The van der Waals surface area contributed by atoms with Crippen LogP contribution in [0.2, 0.25) is 0 Å². The number of para-hydroxylation sites is 1. The normalized spacial score (nSPS) is 15.3. The van der Waals surface area contributed by atoms with Crippen LogP contribution in [-0.4, -0.2) is 60.3 Å². The molecule has 0 radical (unpaired) electrons. The molecule has 0 unspecified atom stereocenters. The van der Waals surface area contributed by atoms with Crippen molar-refractivity contribution >= 4 is 23.4 Å². The molecule has 0 spiro atoms. The molecule has 1 aliphatic heterocycles. The van der Waals surface area contributed by atoms with Gasteiger partial charge in [0.05, 0.1) is 18.4 Å². The maximum Gasteiger partial charge on any atom is 0.229 e. The monoisotopic (exact) mass is 352 g/mol. The Morgan fingerprint density at radius 1 is 1.08 bits per heavy atom. The highest BCUT2D eigenvalue weighted by Crippen LogP contribution is 2.21. The van der Waals surface area contributed by atoms with Gasteiger partial charge in [0.1, 0.15) is 5.75 Å². The summed E-state index contributed by atoms with van der Waals surface area (Å²) in [6, 6.07) is 9.46. The lowest BCUT2D eigenvalue weighted by molar-refractivity contribution is -0.144. The van der Waals surface area contributed by atoms with Crippen LogP contribution in [0.25, 0.3) is 0 Å². The standard InChI is InChI=1S/C18H25ClN2O3/c1-18(2,14-19)17(23)21-11-9-20(10-12-21)16(22)8-13-24-15-6-4-3-5-7-15/h3-7H,8-14H2,1-2H3. The van der Waals surface area contributed by atoms with E-state index in [9.17, 15) is 9.59 Å². The highest BCUT2D eigenvalue weighted by molar-refractivity contribution is 6.19. The van der Waals surface area contributed by atoms with Crippen molar-refractivity contribution in [1.29, 1.82) is 0 Å². The lowest BCUT2D eigenvalue weighted by atomic mass is 9.94. The lowest BCUT2D eigenvalue weighted by Gasteiger charge is -2.38. The minimum atomic E-state index is -0.558. The van der Waals surface area contributed by atoms with Crippen LogP contribution < -0.4 is 4.74 Å². The number of rotatable bonds is 6. The number of hydrogen-bond acceptors (Lipinski definition) is 3. The number of benzene rings is 1. The summed E-state index contributed by atoms with van der Waals surface area (Å²) in [7, 11) is 0. The van der Waals surface area contributed by atoms with Crippen molar-refractivity contribution in [2.24, 2.45) is 5.41 Å². The summed E-state index contributed by atoms with van der Waals surface area (Å²) in [5.74, 6) is 1.18. The molecule has 0 aliphatic carbocycles.